The van der Waals surface area contributed by atoms with Gasteiger partial charge in [0.05, 0.1) is 5.69 Å². The number of hydrogen-bond acceptors (Lipinski definition) is 2. The van der Waals surface area contributed by atoms with Crippen molar-refractivity contribution in [3.8, 4) is 0 Å². The van der Waals surface area contributed by atoms with Crippen LogP contribution in [0.3, 0.4) is 0 Å². The molecule has 1 N–H and O–H groups in total. The largest absolute Gasteiger partial charge is 0.320 e. The molecular weight excluding hydrogens is 256 g/mol. The molecule has 0 saturated carbocycles. The summed E-state index contributed by atoms with van der Waals surface area (Å²) in [7, 11) is 0. The minimum atomic E-state index is -0.798. The minimum Gasteiger partial charge on any atom is -0.320 e. The molecule has 0 fully saturated rings. The van der Waals surface area contributed by atoms with Gasteiger partial charge in [-0.15, -0.1) is 11.3 Å². The highest BCUT2D eigenvalue weighted by Crippen LogP contribution is 2.15. The molecule has 0 aliphatic carbocycles. The average Bonchev–Trinajstić information content (AvgIpc) is 2.83. The third-order valence-electron chi connectivity index (χ3n) is 2.13. The topological polar surface area (TPSA) is 29.1 Å². The summed E-state index contributed by atoms with van der Waals surface area (Å²) in [5, 5.41) is 4.22. The molecule has 0 unspecified atom stereocenters. The Kier molecular flexibility index (Phi) is 3.84. The molecule has 0 aliphatic heterocycles. The molecule has 0 aliphatic rings. The molecule has 0 atom stereocenters. The van der Waals surface area contributed by atoms with E-state index in [1.54, 1.807) is 6.08 Å². The Balaban J connectivity index is 2.03. The number of amides is 1. The molecule has 18 heavy (non-hydrogen) atoms. The molecule has 1 amide bonds. The van der Waals surface area contributed by atoms with Crippen molar-refractivity contribution in [1.82, 2.24) is 0 Å². The van der Waals surface area contributed by atoms with Gasteiger partial charge in [-0.25, -0.2) is 8.78 Å². The zero-order chi connectivity index (χ0) is 13.0. The average molecular weight is 265 g/mol. The van der Waals surface area contributed by atoms with E-state index in [9.17, 15) is 13.6 Å². The van der Waals surface area contributed by atoms with Crippen LogP contribution in [0.5, 0.6) is 0 Å². The summed E-state index contributed by atoms with van der Waals surface area (Å²) in [5.41, 5.74) is -0.0442. The Morgan fingerprint density at radius 2 is 2.11 bits per heavy atom. The number of thiophene rings is 1. The lowest BCUT2D eigenvalue weighted by molar-refractivity contribution is -0.111. The zero-order valence-corrected chi connectivity index (χ0v) is 10.0. The number of halogens is 2. The highest BCUT2D eigenvalue weighted by Gasteiger charge is 2.05. The fraction of sp³-hybridized carbons (Fsp3) is 0. The third kappa shape index (κ3) is 3.24. The van der Waals surface area contributed by atoms with Crippen LogP contribution in [0, 0.1) is 11.6 Å². The van der Waals surface area contributed by atoms with E-state index in [4.69, 9.17) is 0 Å². The number of anilines is 1. The number of carbonyl (C=O) groups is 1. The van der Waals surface area contributed by atoms with Crippen LogP contribution in [0.15, 0.2) is 41.8 Å². The van der Waals surface area contributed by atoms with Crippen LogP contribution in [0.4, 0.5) is 14.5 Å². The lowest BCUT2D eigenvalue weighted by Gasteiger charge is -2.03. The maximum absolute atomic E-state index is 13.2. The number of benzene rings is 1. The lowest BCUT2D eigenvalue weighted by atomic mass is 10.3. The summed E-state index contributed by atoms with van der Waals surface area (Å²) in [6, 6.07) is 6.70. The fourth-order valence-electron chi connectivity index (χ4n) is 1.31. The van der Waals surface area contributed by atoms with Gasteiger partial charge in [0.15, 0.2) is 0 Å². The summed E-state index contributed by atoms with van der Waals surface area (Å²) < 4.78 is 25.9. The van der Waals surface area contributed by atoms with Gasteiger partial charge in [-0.2, -0.15) is 0 Å². The van der Waals surface area contributed by atoms with Crippen molar-refractivity contribution < 1.29 is 13.6 Å². The highest BCUT2D eigenvalue weighted by atomic mass is 32.1. The predicted octanol–water partition coefficient (Wildman–Crippen LogP) is 3.68. The monoisotopic (exact) mass is 265 g/mol. The first-order chi connectivity index (χ1) is 8.65. The van der Waals surface area contributed by atoms with Crippen LogP contribution < -0.4 is 5.32 Å². The van der Waals surface area contributed by atoms with Gasteiger partial charge in [0.25, 0.3) is 0 Å². The number of rotatable bonds is 3. The van der Waals surface area contributed by atoms with Gasteiger partial charge in [-0.05, 0) is 29.7 Å². The molecule has 1 aromatic heterocycles. The Labute approximate surface area is 107 Å². The molecule has 0 radical (unpaired) electrons. The minimum absolute atomic E-state index is 0.0442. The first-order valence-electron chi connectivity index (χ1n) is 5.13. The molecule has 0 saturated heterocycles. The van der Waals surface area contributed by atoms with Crippen molar-refractivity contribution in [2.45, 2.75) is 0 Å². The van der Waals surface area contributed by atoms with Crippen LogP contribution in [-0.2, 0) is 4.79 Å². The van der Waals surface area contributed by atoms with Crippen LogP contribution in [0.2, 0.25) is 0 Å². The van der Waals surface area contributed by atoms with E-state index in [0.29, 0.717) is 0 Å². The maximum Gasteiger partial charge on any atom is 0.248 e. The second-order valence-corrected chi connectivity index (χ2v) is 4.44. The van der Waals surface area contributed by atoms with Gasteiger partial charge in [-0.3, -0.25) is 4.79 Å². The molecule has 5 heteroatoms. The Morgan fingerprint density at radius 1 is 1.28 bits per heavy atom. The van der Waals surface area contributed by atoms with Crippen molar-refractivity contribution in [2.24, 2.45) is 0 Å². The lowest BCUT2D eigenvalue weighted by Crippen LogP contribution is -2.09. The van der Waals surface area contributed by atoms with E-state index in [0.717, 1.165) is 17.0 Å². The quantitative estimate of drug-likeness (QED) is 0.843. The molecule has 1 heterocycles. The van der Waals surface area contributed by atoms with E-state index >= 15 is 0 Å². The van der Waals surface area contributed by atoms with E-state index in [-0.39, 0.29) is 5.69 Å². The SMILES string of the molecule is O=C(/C=C/c1cccs1)Nc1ccc(F)cc1F. The van der Waals surface area contributed by atoms with Crippen molar-refractivity contribution in [2.75, 3.05) is 5.32 Å². The van der Waals surface area contributed by atoms with Crippen molar-refractivity contribution in [1.29, 1.82) is 0 Å². The zero-order valence-electron chi connectivity index (χ0n) is 9.19. The van der Waals surface area contributed by atoms with Gasteiger partial charge in [0, 0.05) is 17.0 Å². The van der Waals surface area contributed by atoms with E-state index in [1.165, 1.54) is 23.5 Å². The normalized spacial score (nSPS) is 10.8. The molecule has 2 nitrogen and oxygen atoms in total. The smallest absolute Gasteiger partial charge is 0.248 e. The van der Waals surface area contributed by atoms with Crippen molar-refractivity contribution >= 4 is 29.0 Å². The van der Waals surface area contributed by atoms with E-state index in [1.807, 2.05) is 17.5 Å². The summed E-state index contributed by atoms with van der Waals surface area (Å²) >= 11 is 1.49. The highest BCUT2D eigenvalue weighted by molar-refractivity contribution is 7.10. The van der Waals surface area contributed by atoms with Crippen LogP contribution >= 0.6 is 11.3 Å². The van der Waals surface area contributed by atoms with E-state index < -0.39 is 17.5 Å². The van der Waals surface area contributed by atoms with Gasteiger partial charge in [0.2, 0.25) is 5.91 Å². The summed E-state index contributed by atoms with van der Waals surface area (Å²) in [4.78, 5) is 12.4. The summed E-state index contributed by atoms with van der Waals surface area (Å²) in [6.45, 7) is 0. The van der Waals surface area contributed by atoms with Gasteiger partial charge >= 0.3 is 0 Å². The Hall–Kier alpha value is -2.01. The number of carbonyl (C=O) groups excluding carboxylic acids is 1. The molecule has 92 valence electrons. The number of nitrogens with one attached hydrogen (secondary N) is 1. The molecule has 0 bridgehead atoms. The van der Waals surface area contributed by atoms with Gasteiger partial charge in [0.1, 0.15) is 11.6 Å². The summed E-state index contributed by atoms with van der Waals surface area (Å²) in [5.74, 6) is -1.94. The van der Waals surface area contributed by atoms with Crippen molar-refractivity contribution in [3.05, 3.63) is 58.3 Å². The van der Waals surface area contributed by atoms with Crippen LogP contribution in [0.1, 0.15) is 4.88 Å². The number of hydrogen-bond donors (Lipinski definition) is 1. The first kappa shape index (κ1) is 12.4. The first-order valence-corrected chi connectivity index (χ1v) is 6.01. The van der Waals surface area contributed by atoms with E-state index in [2.05, 4.69) is 5.32 Å². The fourth-order valence-corrected chi connectivity index (χ4v) is 1.93. The maximum atomic E-state index is 13.2. The second kappa shape index (κ2) is 5.55. The standard InChI is InChI=1S/C13H9F2NOS/c14-9-3-5-12(11(15)8-9)16-13(17)6-4-10-2-1-7-18-10/h1-8H,(H,16,17)/b6-4+. The third-order valence-corrected chi connectivity index (χ3v) is 2.97. The molecule has 2 aromatic rings. The van der Waals surface area contributed by atoms with Crippen molar-refractivity contribution in [3.63, 3.8) is 0 Å². The molecule has 1 aromatic carbocycles. The Bertz CT molecular complexity index is 579. The molecule has 2 rings (SSSR count). The Morgan fingerprint density at radius 3 is 2.78 bits per heavy atom. The van der Waals surface area contributed by atoms with Gasteiger partial charge < -0.3 is 5.32 Å². The molecule has 0 spiro atoms. The predicted molar refractivity (Wildman–Crippen MR) is 68.3 cm³/mol. The van der Waals surface area contributed by atoms with Crippen LogP contribution in [-0.4, -0.2) is 5.91 Å². The van der Waals surface area contributed by atoms with Crippen LogP contribution in [0.25, 0.3) is 6.08 Å². The second-order valence-electron chi connectivity index (χ2n) is 3.46. The van der Waals surface area contributed by atoms with Gasteiger partial charge in [-0.1, -0.05) is 6.07 Å². The summed E-state index contributed by atoms with van der Waals surface area (Å²) in [6.07, 6.45) is 2.93. The molecular formula is C13H9F2NOS.